The number of rotatable bonds is 7. The van der Waals surface area contributed by atoms with E-state index >= 15 is 0 Å². The highest BCUT2D eigenvalue weighted by atomic mass is 16.7. The molecule has 0 radical (unpaired) electrons. The van der Waals surface area contributed by atoms with Crippen molar-refractivity contribution >= 4 is 11.9 Å². The number of hydrogen-bond acceptors (Lipinski definition) is 6. The zero-order chi connectivity index (χ0) is 21.7. The van der Waals surface area contributed by atoms with Crippen molar-refractivity contribution in [2.45, 2.75) is 85.0 Å². The summed E-state index contributed by atoms with van der Waals surface area (Å²) in [4.78, 5) is 25.6. The second-order valence-electron chi connectivity index (χ2n) is 11.3. The van der Waals surface area contributed by atoms with Gasteiger partial charge < -0.3 is 18.9 Å². The average Bonchev–Trinajstić information content (AvgIpc) is 3.03. The molecule has 0 aromatic carbocycles. The van der Waals surface area contributed by atoms with Gasteiger partial charge >= 0.3 is 11.9 Å². The van der Waals surface area contributed by atoms with Gasteiger partial charge in [0.25, 0.3) is 0 Å². The molecule has 4 aliphatic carbocycles. The Hall–Kier alpha value is -1.14. The van der Waals surface area contributed by atoms with Crippen LogP contribution in [0.15, 0.2) is 0 Å². The van der Waals surface area contributed by atoms with E-state index in [9.17, 15) is 9.59 Å². The molecule has 6 heteroatoms. The predicted octanol–water partition coefficient (Wildman–Crippen LogP) is 4.10. The van der Waals surface area contributed by atoms with Crippen LogP contribution in [0, 0.1) is 34.5 Å². The maximum atomic E-state index is 13.2. The van der Waals surface area contributed by atoms with Crippen LogP contribution in [0.25, 0.3) is 0 Å². The molecule has 0 amide bonds. The van der Waals surface area contributed by atoms with Crippen molar-refractivity contribution in [2.24, 2.45) is 34.5 Å². The fourth-order valence-electron chi connectivity index (χ4n) is 6.33. The Labute approximate surface area is 180 Å². The molecule has 0 spiro atoms. The van der Waals surface area contributed by atoms with Gasteiger partial charge in [0.1, 0.15) is 12.7 Å². The first-order valence-electron chi connectivity index (χ1n) is 11.7. The van der Waals surface area contributed by atoms with Crippen LogP contribution in [-0.2, 0) is 28.5 Å². The van der Waals surface area contributed by atoms with E-state index < -0.39 is 11.2 Å². The van der Waals surface area contributed by atoms with Crippen LogP contribution in [-0.4, -0.2) is 43.7 Å². The Morgan fingerprint density at radius 3 is 2.27 bits per heavy atom. The van der Waals surface area contributed by atoms with Crippen molar-refractivity contribution < 1.29 is 28.5 Å². The highest BCUT2D eigenvalue weighted by Gasteiger charge is 2.59. The lowest BCUT2D eigenvalue weighted by Crippen LogP contribution is -2.55. The predicted molar refractivity (Wildman–Crippen MR) is 110 cm³/mol. The van der Waals surface area contributed by atoms with Crippen LogP contribution in [0.5, 0.6) is 0 Å². The maximum absolute atomic E-state index is 13.2. The molecule has 5 fully saturated rings. The van der Waals surface area contributed by atoms with E-state index in [1.807, 2.05) is 34.6 Å². The number of hydrogen-bond donors (Lipinski definition) is 0. The molecular formula is C24H38O6. The number of carbonyl (C=O) groups excluding carboxylic acids is 2. The van der Waals surface area contributed by atoms with Crippen LogP contribution in [0.1, 0.15) is 73.1 Å². The minimum atomic E-state index is -0.602. The molecule has 0 N–H and O–H groups in total. The summed E-state index contributed by atoms with van der Waals surface area (Å²) in [7, 11) is 0. The van der Waals surface area contributed by atoms with Gasteiger partial charge in [-0.2, -0.15) is 0 Å². The summed E-state index contributed by atoms with van der Waals surface area (Å²) in [5.41, 5.74) is -0.786. The fraction of sp³-hybridized carbons (Fsp3) is 0.917. The first-order chi connectivity index (χ1) is 14.0. The normalized spacial score (nSPS) is 39.2. The molecule has 3 atom stereocenters. The molecule has 1 heterocycles. The topological polar surface area (TPSA) is 71.1 Å². The second kappa shape index (κ2) is 7.77. The molecule has 4 saturated carbocycles. The number of esters is 2. The molecular weight excluding hydrogens is 384 g/mol. The summed E-state index contributed by atoms with van der Waals surface area (Å²) in [6.07, 6.45) is 5.57. The van der Waals surface area contributed by atoms with E-state index in [1.54, 1.807) is 0 Å². The van der Waals surface area contributed by atoms with Crippen molar-refractivity contribution in [2.75, 3.05) is 19.8 Å². The lowest BCUT2D eigenvalue weighted by atomic mass is 9.46. The van der Waals surface area contributed by atoms with Crippen molar-refractivity contribution in [1.82, 2.24) is 0 Å². The zero-order valence-electron chi connectivity index (χ0n) is 19.2. The average molecular weight is 423 g/mol. The van der Waals surface area contributed by atoms with E-state index in [2.05, 4.69) is 0 Å². The van der Waals surface area contributed by atoms with E-state index in [1.165, 1.54) is 0 Å². The molecule has 0 aromatic rings. The number of carbonyl (C=O) groups is 2. The molecule has 0 aromatic heterocycles. The molecule has 6 nitrogen and oxygen atoms in total. The van der Waals surface area contributed by atoms with E-state index in [4.69, 9.17) is 18.9 Å². The van der Waals surface area contributed by atoms with Gasteiger partial charge in [-0.1, -0.05) is 6.92 Å². The Morgan fingerprint density at radius 2 is 1.70 bits per heavy atom. The van der Waals surface area contributed by atoms with E-state index in [0.29, 0.717) is 36.9 Å². The maximum Gasteiger partial charge on any atom is 0.312 e. The molecule has 5 rings (SSSR count). The summed E-state index contributed by atoms with van der Waals surface area (Å²) >= 11 is 0. The highest BCUT2D eigenvalue weighted by molar-refractivity contribution is 5.78. The molecule has 30 heavy (non-hydrogen) atoms. The third-order valence-corrected chi connectivity index (χ3v) is 8.21. The summed E-state index contributed by atoms with van der Waals surface area (Å²) in [5, 5.41) is 0. The molecule has 1 saturated heterocycles. The quantitative estimate of drug-likeness (QED) is 0.575. The fourth-order valence-corrected chi connectivity index (χ4v) is 6.33. The van der Waals surface area contributed by atoms with Crippen molar-refractivity contribution in [3.8, 4) is 0 Å². The van der Waals surface area contributed by atoms with Gasteiger partial charge in [0.2, 0.25) is 0 Å². The lowest BCUT2D eigenvalue weighted by molar-refractivity contribution is -0.188. The molecule has 5 aliphatic rings. The SMILES string of the molecule is CCC(C)(C)C(=O)OCC1C2CC3CC1CC(C(=O)OCC1COC(C)(C)O1)(C3)C2. The van der Waals surface area contributed by atoms with Crippen LogP contribution in [0.3, 0.4) is 0 Å². The molecule has 1 aliphatic heterocycles. The van der Waals surface area contributed by atoms with Gasteiger partial charge in [-0.05, 0) is 89.9 Å². The van der Waals surface area contributed by atoms with E-state index in [0.717, 1.165) is 38.5 Å². The summed E-state index contributed by atoms with van der Waals surface area (Å²) in [6.45, 7) is 10.9. The summed E-state index contributed by atoms with van der Waals surface area (Å²) in [5.74, 6) is 1.12. The molecule has 3 unspecified atom stereocenters. The Kier molecular flexibility index (Phi) is 5.72. The van der Waals surface area contributed by atoms with Crippen molar-refractivity contribution in [3.63, 3.8) is 0 Å². The summed E-state index contributed by atoms with van der Waals surface area (Å²) in [6, 6.07) is 0. The van der Waals surface area contributed by atoms with Crippen molar-refractivity contribution in [1.29, 1.82) is 0 Å². The highest BCUT2D eigenvalue weighted by Crippen LogP contribution is 2.62. The lowest BCUT2D eigenvalue weighted by Gasteiger charge is -2.58. The number of ether oxygens (including phenoxy) is 4. The van der Waals surface area contributed by atoms with Gasteiger partial charge in [-0.15, -0.1) is 0 Å². The van der Waals surface area contributed by atoms with Gasteiger partial charge in [0.15, 0.2) is 5.79 Å². The van der Waals surface area contributed by atoms with Gasteiger partial charge in [-0.3, -0.25) is 9.59 Å². The van der Waals surface area contributed by atoms with Gasteiger partial charge in [0.05, 0.1) is 24.0 Å². The third-order valence-electron chi connectivity index (χ3n) is 8.21. The second-order valence-corrected chi connectivity index (χ2v) is 11.3. The molecule has 4 bridgehead atoms. The van der Waals surface area contributed by atoms with Crippen LogP contribution in [0.2, 0.25) is 0 Å². The van der Waals surface area contributed by atoms with Crippen LogP contribution >= 0.6 is 0 Å². The van der Waals surface area contributed by atoms with Gasteiger partial charge in [0, 0.05) is 0 Å². The Balaban J connectivity index is 1.34. The minimum absolute atomic E-state index is 0.0576. The molecule has 170 valence electrons. The summed E-state index contributed by atoms with van der Waals surface area (Å²) < 4.78 is 22.9. The third kappa shape index (κ3) is 4.14. The Bertz CT molecular complexity index is 667. The first kappa shape index (κ1) is 22.1. The first-order valence-corrected chi connectivity index (χ1v) is 11.7. The smallest absolute Gasteiger partial charge is 0.312 e. The Morgan fingerprint density at radius 1 is 1.03 bits per heavy atom. The zero-order valence-corrected chi connectivity index (χ0v) is 19.2. The standard InChI is InChI=1S/C24H38O6/c1-6-22(2,3)20(25)28-14-19-16-7-15-8-17(19)11-24(9-15,10-16)21(26)27-12-18-13-29-23(4,5)30-18/h15-19H,6-14H2,1-5H3. The van der Waals surface area contributed by atoms with Crippen LogP contribution < -0.4 is 0 Å². The van der Waals surface area contributed by atoms with Crippen molar-refractivity contribution in [3.05, 3.63) is 0 Å². The van der Waals surface area contributed by atoms with Gasteiger partial charge in [-0.25, -0.2) is 0 Å². The monoisotopic (exact) mass is 422 g/mol. The van der Waals surface area contributed by atoms with E-state index in [-0.39, 0.29) is 30.1 Å². The largest absolute Gasteiger partial charge is 0.465 e. The van der Waals surface area contributed by atoms with Crippen LogP contribution in [0.4, 0.5) is 0 Å². The minimum Gasteiger partial charge on any atom is -0.465 e.